The lowest BCUT2D eigenvalue weighted by Crippen LogP contribution is -2.46. The van der Waals surface area contributed by atoms with E-state index in [-0.39, 0.29) is 24.9 Å². The van der Waals surface area contributed by atoms with Crippen molar-refractivity contribution in [3.05, 3.63) is 156 Å². The van der Waals surface area contributed by atoms with Crippen molar-refractivity contribution in [1.29, 1.82) is 0 Å². The van der Waals surface area contributed by atoms with Crippen molar-refractivity contribution in [2.24, 2.45) is 11.8 Å². The van der Waals surface area contributed by atoms with Crippen LogP contribution >= 0.6 is 0 Å². The Hall–Kier alpha value is -6.54. The van der Waals surface area contributed by atoms with E-state index in [1.807, 2.05) is 143 Å². The summed E-state index contributed by atoms with van der Waals surface area (Å²) in [5.41, 5.74) is 5.30. The van der Waals surface area contributed by atoms with Crippen molar-refractivity contribution in [3.8, 4) is 0 Å². The van der Waals surface area contributed by atoms with E-state index in [1.165, 1.54) is 9.80 Å². The molecule has 6 aromatic rings. The summed E-state index contributed by atoms with van der Waals surface area (Å²) < 4.78 is 0. The minimum Gasteiger partial charge on any atom is -0.310 e. The van der Waals surface area contributed by atoms with Gasteiger partial charge in [0, 0.05) is 46.6 Å². The predicted octanol–water partition coefficient (Wildman–Crippen LogP) is 13.4. The van der Waals surface area contributed by atoms with Crippen LogP contribution in [-0.4, -0.2) is 46.5 Å². The molecule has 0 N–H and O–H groups in total. The highest BCUT2D eigenvalue weighted by atomic mass is 16.2. The van der Waals surface area contributed by atoms with Gasteiger partial charge in [0.05, 0.1) is 33.6 Å². The second-order valence-electron chi connectivity index (χ2n) is 16.7. The summed E-state index contributed by atoms with van der Waals surface area (Å²) in [6.07, 6.45) is 7.37. The molecule has 2 heterocycles. The molecule has 4 amide bonds. The number of hydrogen-bond donors (Lipinski definition) is 0. The predicted molar refractivity (Wildman–Crippen MR) is 251 cm³/mol. The maximum absolute atomic E-state index is 15.5. The van der Waals surface area contributed by atoms with Gasteiger partial charge in [-0.3, -0.25) is 29.0 Å². The molecule has 0 saturated heterocycles. The average molecular weight is 825 g/mol. The summed E-state index contributed by atoms with van der Waals surface area (Å²) in [6, 6.07) is 42.8. The van der Waals surface area contributed by atoms with Crippen LogP contribution in [0.2, 0.25) is 0 Å². The van der Waals surface area contributed by atoms with Crippen LogP contribution in [0.25, 0.3) is 10.8 Å². The first kappa shape index (κ1) is 42.2. The van der Waals surface area contributed by atoms with Gasteiger partial charge < -0.3 is 9.80 Å². The smallest absolute Gasteiger partial charge is 0.263 e. The maximum atomic E-state index is 15.5. The molecule has 8 heteroatoms. The van der Waals surface area contributed by atoms with Crippen molar-refractivity contribution in [1.82, 2.24) is 9.80 Å². The number of carbonyl (C=O) groups excluding carboxylic acids is 4. The molecule has 62 heavy (non-hydrogen) atoms. The number of benzene rings is 6. The van der Waals surface area contributed by atoms with Gasteiger partial charge in [-0.2, -0.15) is 0 Å². The lowest BCUT2D eigenvalue weighted by Gasteiger charge is -2.39. The first-order valence-electron chi connectivity index (χ1n) is 22.5. The molecule has 8 nitrogen and oxygen atoms in total. The van der Waals surface area contributed by atoms with E-state index in [2.05, 4.69) is 27.7 Å². The van der Waals surface area contributed by atoms with Crippen molar-refractivity contribution >= 4 is 68.5 Å². The summed E-state index contributed by atoms with van der Waals surface area (Å²) in [5, 5.41) is 0.697. The minimum atomic E-state index is -0.425. The molecule has 0 saturated carbocycles. The van der Waals surface area contributed by atoms with Crippen LogP contribution in [0.15, 0.2) is 133 Å². The number of rotatable bonds is 18. The Kier molecular flexibility index (Phi) is 12.7. The summed E-state index contributed by atoms with van der Waals surface area (Å²) in [4.78, 5) is 68.6. The molecule has 316 valence electrons. The van der Waals surface area contributed by atoms with Gasteiger partial charge in [-0.1, -0.05) is 139 Å². The van der Waals surface area contributed by atoms with E-state index in [0.29, 0.717) is 44.4 Å². The topological polar surface area (TPSA) is 81.2 Å². The molecule has 0 fully saturated rings. The highest BCUT2D eigenvalue weighted by Crippen LogP contribution is 2.51. The third-order valence-electron chi connectivity index (χ3n) is 12.7. The molecule has 0 aromatic heterocycles. The first-order chi connectivity index (χ1) is 30.3. The van der Waals surface area contributed by atoms with Crippen molar-refractivity contribution in [2.45, 2.75) is 79.1 Å². The van der Waals surface area contributed by atoms with Gasteiger partial charge in [0.25, 0.3) is 23.6 Å². The second-order valence-corrected chi connectivity index (χ2v) is 16.7. The Bertz CT molecular complexity index is 2320. The quantitative estimate of drug-likeness (QED) is 0.0803. The zero-order valence-corrected chi connectivity index (χ0v) is 36.3. The van der Waals surface area contributed by atoms with Gasteiger partial charge >= 0.3 is 0 Å². The molecule has 8 rings (SSSR count). The summed E-state index contributed by atoms with van der Waals surface area (Å²) >= 11 is 0. The largest absolute Gasteiger partial charge is 0.310 e. The fourth-order valence-electron chi connectivity index (χ4n) is 9.32. The fourth-order valence-corrected chi connectivity index (χ4v) is 9.32. The minimum absolute atomic E-state index is 0.0978. The molecule has 2 aliphatic heterocycles. The zero-order chi connectivity index (χ0) is 43.3. The van der Waals surface area contributed by atoms with Crippen molar-refractivity contribution in [3.63, 3.8) is 0 Å². The molecular formula is C54H56N4O4. The third kappa shape index (κ3) is 7.79. The van der Waals surface area contributed by atoms with E-state index < -0.39 is 23.6 Å². The standard InChI is InChI=1S/C54H56N4O4/c1-5-9-23-37(7-3)35-55-51(59)43-33-46(58(41-29-19-13-20-30-41)42-31-21-14-22-32-42)50-48-44(52(60)56(54(50)62)36-38(8-4)24-10-6-2)34-45(49(47(43)48)53(55)61)57(39-25-15-11-16-26-39)40-27-17-12-18-28-40/h11-22,25-34,37-38H,5-10,23-24,35-36H2,1-4H3. The Balaban J connectivity index is 1.50. The zero-order valence-electron chi connectivity index (χ0n) is 36.3. The van der Waals surface area contributed by atoms with E-state index in [1.54, 1.807) is 0 Å². The molecule has 0 spiro atoms. The lowest BCUT2D eigenvalue weighted by molar-refractivity contribution is 0.0559. The summed E-state index contributed by atoms with van der Waals surface area (Å²) in [5.74, 6) is -1.50. The number of para-hydroxylation sites is 4. The van der Waals surface area contributed by atoms with Crippen LogP contribution in [-0.2, 0) is 0 Å². The number of anilines is 6. The normalized spacial score (nSPS) is 14.4. The van der Waals surface area contributed by atoms with E-state index in [9.17, 15) is 0 Å². The van der Waals surface area contributed by atoms with Crippen LogP contribution < -0.4 is 9.80 Å². The van der Waals surface area contributed by atoms with Crippen LogP contribution in [0.1, 0.15) is 120 Å². The van der Waals surface area contributed by atoms with Gasteiger partial charge in [0.2, 0.25) is 0 Å². The number of nitrogens with zero attached hydrogens (tertiary/aromatic N) is 4. The van der Waals surface area contributed by atoms with E-state index in [4.69, 9.17) is 0 Å². The summed E-state index contributed by atoms with van der Waals surface area (Å²) in [6.45, 7) is 9.04. The fraction of sp³-hybridized carbons (Fsp3) is 0.296. The molecule has 2 unspecified atom stereocenters. The molecule has 0 radical (unpaired) electrons. The molecule has 0 bridgehead atoms. The van der Waals surface area contributed by atoms with E-state index in [0.717, 1.165) is 74.1 Å². The monoisotopic (exact) mass is 824 g/mol. The van der Waals surface area contributed by atoms with E-state index >= 15 is 19.2 Å². The highest BCUT2D eigenvalue weighted by molar-refractivity contribution is 6.37. The molecule has 2 aliphatic rings. The number of hydrogen-bond acceptors (Lipinski definition) is 6. The number of imide groups is 2. The Morgan fingerprint density at radius 1 is 0.435 bits per heavy atom. The SMILES string of the molecule is CCCCC(CC)CN1C(=O)c2cc(N(c3ccccc3)c3ccccc3)c3c4c(cc(N(c5ccccc5)c5ccccc5)c(c24)C1=O)C(=O)N(CC(CC)CCCC)C3=O. The lowest BCUT2D eigenvalue weighted by atomic mass is 9.82. The Morgan fingerprint density at radius 3 is 1.02 bits per heavy atom. The van der Waals surface area contributed by atoms with Gasteiger partial charge in [0.15, 0.2) is 0 Å². The molecule has 0 aliphatic carbocycles. The van der Waals surface area contributed by atoms with Crippen molar-refractivity contribution in [2.75, 3.05) is 22.9 Å². The highest BCUT2D eigenvalue weighted by Gasteiger charge is 2.45. The Labute approximate surface area is 365 Å². The average Bonchev–Trinajstić information content (AvgIpc) is 3.31. The van der Waals surface area contributed by atoms with Gasteiger partial charge in [-0.15, -0.1) is 0 Å². The first-order valence-corrected chi connectivity index (χ1v) is 22.5. The van der Waals surface area contributed by atoms with Crippen LogP contribution in [0.3, 0.4) is 0 Å². The Morgan fingerprint density at radius 2 is 0.742 bits per heavy atom. The van der Waals surface area contributed by atoms with Gasteiger partial charge in [0.1, 0.15) is 0 Å². The number of amides is 4. The molecular weight excluding hydrogens is 769 g/mol. The maximum Gasteiger partial charge on any atom is 0.263 e. The molecule has 6 aromatic carbocycles. The van der Waals surface area contributed by atoms with Gasteiger partial charge in [-0.05, 0) is 85.3 Å². The molecule has 2 atom stereocenters. The summed E-state index contributed by atoms with van der Waals surface area (Å²) in [7, 11) is 0. The number of carbonyl (C=O) groups is 4. The van der Waals surface area contributed by atoms with Crippen LogP contribution in [0, 0.1) is 11.8 Å². The van der Waals surface area contributed by atoms with Crippen LogP contribution in [0.5, 0.6) is 0 Å². The number of unbranched alkanes of at least 4 members (excludes halogenated alkanes) is 2. The van der Waals surface area contributed by atoms with Crippen LogP contribution in [0.4, 0.5) is 34.1 Å². The third-order valence-corrected chi connectivity index (χ3v) is 12.7. The van der Waals surface area contributed by atoms with Crippen molar-refractivity contribution < 1.29 is 19.2 Å². The second kappa shape index (κ2) is 18.6. The van der Waals surface area contributed by atoms with Gasteiger partial charge in [-0.25, -0.2) is 0 Å².